The minimum atomic E-state index is -1.28. The topological polar surface area (TPSA) is 49.0 Å². The number of hydrogen-bond acceptors (Lipinski definition) is 1. The second-order valence-corrected chi connectivity index (χ2v) is 3.19. The summed E-state index contributed by atoms with van der Waals surface area (Å²) in [5.74, 6) is 0.392. The molecule has 1 N–H and O–H groups in total. The minimum absolute atomic E-state index is 0.392. The molecular weight excluding hydrogens is 166 g/mol. The van der Waals surface area contributed by atoms with Crippen molar-refractivity contribution in [3.8, 4) is 0 Å². The van der Waals surface area contributed by atoms with E-state index in [2.05, 4.69) is 19.2 Å². The van der Waals surface area contributed by atoms with Crippen LogP contribution < -0.4 is 5.32 Å². The van der Waals surface area contributed by atoms with Crippen molar-refractivity contribution in [2.75, 3.05) is 5.32 Å². The summed E-state index contributed by atoms with van der Waals surface area (Å²) in [6.07, 6.45) is -1.28. The summed E-state index contributed by atoms with van der Waals surface area (Å²) in [7, 11) is 0. The van der Waals surface area contributed by atoms with Crippen LogP contribution in [-0.2, 0) is 5.11 Å². The third kappa shape index (κ3) is 2.78. The minimum Gasteiger partial charge on any atom is -0.288 e. The first kappa shape index (κ1) is 9.58. The molecule has 3 nitrogen and oxygen atoms in total. The Labute approximate surface area is 77.4 Å². The fourth-order valence-electron chi connectivity index (χ4n) is 1.09. The number of benzene rings is 1. The Kier molecular flexibility index (Phi) is 2.90. The summed E-state index contributed by atoms with van der Waals surface area (Å²) in [4.78, 5) is 10.2. The van der Waals surface area contributed by atoms with Gasteiger partial charge in [-0.1, -0.05) is 26.0 Å². The fourth-order valence-corrected chi connectivity index (χ4v) is 1.09. The van der Waals surface area contributed by atoms with E-state index in [-0.39, 0.29) is 0 Å². The highest BCUT2D eigenvalue weighted by molar-refractivity contribution is 5.82. The van der Waals surface area contributed by atoms with Gasteiger partial charge in [0.2, 0.25) is 0 Å². The summed E-state index contributed by atoms with van der Waals surface area (Å²) in [6, 6.07) is 7.29. The van der Waals surface area contributed by atoms with Gasteiger partial charge in [0.1, 0.15) is 0 Å². The maximum atomic E-state index is 10.2. The molecule has 1 amide bonds. The molecule has 0 fully saturated rings. The molecule has 0 bridgehead atoms. The second-order valence-electron chi connectivity index (χ2n) is 3.19. The number of carbonyl (C=O) groups excluding carboxylic acids is 1. The van der Waals surface area contributed by atoms with Crippen LogP contribution in [0.15, 0.2) is 24.3 Å². The van der Waals surface area contributed by atoms with Crippen LogP contribution in [0, 0.1) is 0 Å². The van der Waals surface area contributed by atoms with Gasteiger partial charge < -0.3 is 0 Å². The number of rotatable bonds is 2. The van der Waals surface area contributed by atoms with Gasteiger partial charge in [0.05, 0.1) is 0 Å². The molecule has 1 rings (SSSR count). The van der Waals surface area contributed by atoms with Crippen LogP contribution in [0.3, 0.4) is 0 Å². The number of carbonyl (C=O) groups is 1. The van der Waals surface area contributed by atoms with Gasteiger partial charge in [-0.15, -0.1) is 0 Å². The van der Waals surface area contributed by atoms with E-state index < -0.39 is 6.09 Å². The highest BCUT2D eigenvalue weighted by atomic mass is 16.4. The van der Waals surface area contributed by atoms with E-state index in [1.807, 2.05) is 12.1 Å². The number of nitrogens with one attached hydrogen (secondary N) is 1. The molecule has 3 heteroatoms. The molecule has 69 valence electrons. The van der Waals surface area contributed by atoms with Crippen LogP contribution in [0.1, 0.15) is 25.3 Å². The van der Waals surface area contributed by atoms with Crippen molar-refractivity contribution in [3.63, 3.8) is 0 Å². The maximum Gasteiger partial charge on any atom is 0.454 e. The van der Waals surface area contributed by atoms with Crippen molar-refractivity contribution in [1.82, 2.24) is 0 Å². The van der Waals surface area contributed by atoms with Crippen LogP contribution in [0.5, 0.6) is 0 Å². The smallest absolute Gasteiger partial charge is 0.288 e. The van der Waals surface area contributed by atoms with Gasteiger partial charge in [-0.2, -0.15) is 0 Å². The van der Waals surface area contributed by atoms with E-state index in [1.54, 1.807) is 12.1 Å². The van der Waals surface area contributed by atoms with Crippen LogP contribution in [0.4, 0.5) is 10.5 Å². The van der Waals surface area contributed by atoms with Crippen molar-refractivity contribution in [2.45, 2.75) is 19.8 Å². The third-order valence-electron chi connectivity index (χ3n) is 1.80. The molecule has 0 saturated carbocycles. The highest BCUT2D eigenvalue weighted by Gasteiger charge is 2.02. The van der Waals surface area contributed by atoms with E-state index in [4.69, 9.17) is 0 Å². The van der Waals surface area contributed by atoms with Gasteiger partial charge in [-0.05, 0) is 23.6 Å². The lowest BCUT2D eigenvalue weighted by atomic mass is 10.0. The Morgan fingerprint density at radius 3 is 2.62 bits per heavy atom. The van der Waals surface area contributed by atoms with Gasteiger partial charge in [-0.3, -0.25) is 5.32 Å². The van der Waals surface area contributed by atoms with Crippen LogP contribution in [0.2, 0.25) is 0 Å². The monoisotopic (exact) mass is 178 g/mol. The zero-order chi connectivity index (χ0) is 9.84. The Hall–Kier alpha value is -1.51. The van der Waals surface area contributed by atoms with Gasteiger partial charge in [-0.25, -0.2) is 9.90 Å². The maximum absolute atomic E-state index is 10.2. The first-order valence-corrected chi connectivity index (χ1v) is 4.17. The average Bonchev–Trinajstić information content (AvgIpc) is 2.03. The predicted octanol–water partition coefficient (Wildman–Crippen LogP) is 2.77. The quantitative estimate of drug-likeness (QED) is 0.743. The van der Waals surface area contributed by atoms with Crippen molar-refractivity contribution in [2.24, 2.45) is 0 Å². The lowest BCUT2D eigenvalue weighted by molar-refractivity contribution is 0.185. The second kappa shape index (κ2) is 3.94. The predicted molar refractivity (Wildman–Crippen MR) is 50.2 cm³/mol. The van der Waals surface area contributed by atoms with E-state index in [1.165, 1.54) is 0 Å². The largest absolute Gasteiger partial charge is 0.454 e. The van der Waals surface area contributed by atoms with Gasteiger partial charge in [0.25, 0.3) is 0 Å². The standard InChI is InChI=1S/C10H12NO2/c1-7(2)8-4-3-5-9(6-8)11-10(12)13/h3-7,11H,1-2H3. The summed E-state index contributed by atoms with van der Waals surface area (Å²) in [5, 5.41) is 12.4. The zero-order valence-electron chi connectivity index (χ0n) is 7.70. The molecule has 0 aromatic heterocycles. The third-order valence-corrected chi connectivity index (χ3v) is 1.80. The summed E-state index contributed by atoms with van der Waals surface area (Å²) in [5.41, 5.74) is 1.66. The Bertz CT molecular complexity index is 308. The SMILES string of the molecule is CC(C)c1cccc(NC([O])=O)c1. The molecule has 1 aromatic rings. The molecule has 13 heavy (non-hydrogen) atoms. The van der Waals surface area contributed by atoms with E-state index in [0.717, 1.165) is 5.56 Å². The van der Waals surface area contributed by atoms with Crippen molar-refractivity contribution >= 4 is 11.8 Å². The Morgan fingerprint density at radius 1 is 1.38 bits per heavy atom. The fraction of sp³-hybridized carbons (Fsp3) is 0.300. The Morgan fingerprint density at radius 2 is 2.08 bits per heavy atom. The van der Waals surface area contributed by atoms with Gasteiger partial charge in [0, 0.05) is 5.69 Å². The molecule has 1 radical (unpaired) electrons. The highest BCUT2D eigenvalue weighted by Crippen LogP contribution is 2.18. The lowest BCUT2D eigenvalue weighted by Crippen LogP contribution is -2.05. The molecule has 0 atom stereocenters. The molecule has 0 aliphatic carbocycles. The average molecular weight is 178 g/mol. The first-order chi connectivity index (χ1) is 6.09. The van der Waals surface area contributed by atoms with Crippen LogP contribution in [0.25, 0.3) is 0 Å². The molecule has 0 aliphatic rings. The van der Waals surface area contributed by atoms with Crippen molar-refractivity contribution in [3.05, 3.63) is 29.8 Å². The van der Waals surface area contributed by atoms with Crippen LogP contribution >= 0.6 is 0 Å². The molecule has 0 aliphatic heterocycles. The van der Waals surface area contributed by atoms with E-state index in [0.29, 0.717) is 11.6 Å². The number of hydrogen-bond donors (Lipinski definition) is 1. The van der Waals surface area contributed by atoms with E-state index in [9.17, 15) is 9.90 Å². The number of anilines is 1. The molecule has 0 spiro atoms. The molecule has 0 saturated heterocycles. The molecule has 1 aromatic carbocycles. The lowest BCUT2D eigenvalue weighted by Gasteiger charge is -2.06. The summed E-state index contributed by atoms with van der Waals surface area (Å²) < 4.78 is 0. The first-order valence-electron chi connectivity index (χ1n) is 4.17. The summed E-state index contributed by atoms with van der Waals surface area (Å²) in [6.45, 7) is 4.11. The van der Waals surface area contributed by atoms with Crippen molar-refractivity contribution in [1.29, 1.82) is 0 Å². The van der Waals surface area contributed by atoms with Crippen molar-refractivity contribution < 1.29 is 9.90 Å². The van der Waals surface area contributed by atoms with E-state index >= 15 is 0 Å². The molecule has 0 heterocycles. The number of amides is 1. The molecule has 0 unspecified atom stereocenters. The normalized spacial score (nSPS) is 10.1. The zero-order valence-corrected chi connectivity index (χ0v) is 7.70. The van der Waals surface area contributed by atoms with Crippen LogP contribution in [-0.4, -0.2) is 6.09 Å². The van der Waals surface area contributed by atoms with Gasteiger partial charge in [0.15, 0.2) is 0 Å². The van der Waals surface area contributed by atoms with Gasteiger partial charge >= 0.3 is 6.09 Å². The Balaban J connectivity index is 2.85. The summed E-state index contributed by atoms with van der Waals surface area (Å²) >= 11 is 0. The molecular formula is C10H12NO2.